The van der Waals surface area contributed by atoms with Gasteiger partial charge >= 0.3 is 0 Å². The van der Waals surface area contributed by atoms with Crippen molar-refractivity contribution in [1.82, 2.24) is 4.90 Å². The van der Waals surface area contributed by atoms with E-state index in [1.54, 1.807) is 24.8 Å². The van der Waals surface area contributed by atoms with Crippen molar-refractivity contribution in [2.45, 2.75) is 32.3 Å². The third kappa shape index (κ3) is 2.88. The Kier molecular flexibility index (Phi) is 3.39. The zero-order valence-electron chi connectivity index (χ0n) is 10.7. The molecule has 98 valence electrons. The number of amides is 1. The number of hydrogen-bond donors (Lipinski definition) is 1. The van der Waals surface area contributed by atoms with E-state index in [-0.39, 0.29) is 11.7 Å². The fraction of sp³-hybridized carbons (Fsp3) is 0.500. The van der Waals surface area contributed by atoms with Crippen LogP contribution in [-0.2, 0) is 0 Å². The highest BCUT2D eigenvalue weighted by Gasteiger charge is 2.30. The molecule has 0 aromatic heterocycles. The van der Waals surface area contributed by atoms with Crippen LogP contribution >= 0.6 is 0 Å². The minimum absolute atomic E-state index is 0.159. The van der Waals surface area contributed by atoms with Gasteiger partial charge in [0.1, 0.15) is 5.82 Å². The largest absolute Gasteiger partial charge is 0.390 e. The van der Waals surface area contributed by atoms with Crippen molar-refractivity contribution in [3.8, 4) is 0 Å². The maximum Gasteiger partial charge on any atom is 0.253 e. The smallest absolute Gasteiger partial charge is 0.253 e. The van der Waals surface area contributed by atoms with E-state index < -0.39 is 5.60 Å². The number of aliphatic hydroxyl groups is 1. The molecular formula is C14H18FNO2. The Morgan fingerprint density at radius 2 is 1.94 bits per heavy atom. The summed E-state index contributed by atoms with van der Waals surface area (Å²) in [5.41, 5.74) is 0.436. The Morgan fingerprint density at radius 3 is 2.50 bits per heavy atom. The lowest BCUT2D eigenvalue weighted by Crippen LogP contribution is -2.45. The molecule has 1 N–H and O–H groups in total. The van der Waals surface area contributed by atoms with Crippen molar-refractivity contribution in [2.24, 2.45) is 0 Å². The Bertz CT molecular complexity index is 441. The van der Waals surface area contributed by atoms with E-state index in [0.29, 0.717) is 31.5 Å². The summed E-state index contributed by atoms with van der Waals surface area (Å²) < 4.78 is 13.3. The van der Waals surface area contributed by atoms with Crippen LogP contribution in [-0.4, -0.2) is 34.6 Å². The Balaban J connectivity index is 2.12. The number of rotatable bonds is 1. The first-order valence-corrected chi connectivity index (χ1v) is 6.16. The average molecular weight is 251 g/mol. The van der Waals surface area contributed by atoms with Crippen LogP contribution in [0.25, 0.3) is 0 Å². The molecule has 0 atom stereocenters. The van der Waals surface area contributed by atoms with Gasteiger partial charge in [0, 0.05) is 18.7 Å². The zero-order valence-corrected chi connectivity index (χ0v) is 10.7. The summed E-state index contributed by atoms with van der Waals surface area (Å²) in [6, 6.07) is 4.36. The van der Waals surface area contributed by atoms with Crippen LogP contribution in [0.15, 0.2) is 18.2 Å². The lowest BCUT2D eigenvalue weighted by atomic mass is 9.93. The monoisotopic (exact) mass is 251 g/mol. The first kappa shape index (κ1) is 13.0. The van der Waals surface area contributed by atoms with Gasteiger partial charge in [-0.05, 0) is 50.5 Å². The van der Waals surface area contributed by atoms with E-state index in [2.05, 4.69) is 0 Å². The molecule has 1 amide bonds. The quantitative estimate of drug-likeness (QED) is 0.830. The van der Waals surface area contributed by atoms with E-state index in [4.69, 9.17) is 0 Å². The minimum atomic E-state index is -0.686. The fourth-order valence-corrected chi connectivity index (χ4v) is 2.23. The number of halogens is 1. The molecule has 0 radical (unpaired) electrons. The van der Waals surface area contributed by atoms with Crippen molar-refractivity contribution < 1.29 is 14.3 Å². The van der Waals surface area contributed by atoms with Crippen LogP contribution in [0.3, 0.4) is 0 Å². The van der Waals surface area contributed by atoms with Gasteiger partial charge in [-0.1, -0.05) is 0 Å². The first-order chi connectivity index (χ1) is 8.37. The molecule has 1 saturated heterocycles. The van der Waals surface area contributed by atoms with Gasteiger partial charge in [-0.15, -0.1) is 0 Å². The fourth-order valence-electron chi connectivity index (χ4n) is 2.23. The van der Waals surface area contributed by atoms with Crippen molar-refractivity contribution in [1.29, 1.82) is 0 Å². The maximum atomic E-state index is 13.3. The molecule has 0 unspecified atom stereocenters. The molecule has 0 bridgehead atoms. The van der Waals surface area contributed by atoms with Gasteiger partial charge in [0.25, 0.3) is 5.91 Å². The Labute approximate surface area is 106 Å². The number of likely N-dealkylation sites (tertiary alicyclic amines) is 1. The van der Waals surface area contributed by atoms with E-state index in [9.17, 15) is 14.3 Å². The minimum Gasteiger partial charge on any atom is -0.390 e. The van der Waals surface area contributed by atoms with Crippen LogP contribution in [0.1, 0.15) is 35.7 Å². The summed E-state index contributed by atoms with van der Waals surface area (Å²) in [7, 11) is 0. The lowest BCUT2D eigenvalue weighted by molar-refractivity contribution is -0.00204. The third-order valence-corrected chi connectivity index (χ3v) is 3.42. The van der Waals surface area contributed by atoms with E-state index in [0.717, 1.165) is 5.56 Å². The number of carbonyl (C=O) groups excluding carboxylic acids is 1. The SMILES string of the molecule is Cc1cc(F)cc(C(=O)N2CCC(C)(O)CC2)c1. The number of aryl methyl sites for hydroxylation is 1. The predicted octanol–water partition coefficient (Wildman–Crippen LogP) is 2.12. The van der Waals surface area contributed by atoms with Gasteiger partial charge in [-0.2, -0.15) is 0 Å². The zero-order chi connectivity index (χ0) is 13.3. The van der Waals surface area contributed by atoms with Gasteiger partial charge < -0.3 is 10.0 Å². The number of piperidine rings is 1. The molecule has 1 heterocycles. The summed E-state index contributed by atoms with van der Waals surface area (Å²) in [4.78, 5) is 13.9. The molecule has 0 saturated carbocycles. The van der Waals surface area contributed by atoms with Crippen LogP contribution in [0.4, 0.5) is 4.39 Å². The van der Waals surface area contributed by atoms with Crippen molar-refractivity contribution in [3.05, 3.63) is 35.1 Å². The standard InChI is InChI=1S/C14H18FNO2/c1-10-7-11(9-12(15)8-10)13(17)16-5-3-14(2,18)4-6-16/h7-9,18H,3-6H2,1-2H3. The highest BCUT2D eigenvalue weighted by atomic mass is 19.1. The number of hydrogen-bond acceptors (Lipinski definition) is 2. The Hall–Kier alpha value is -1.42. The predicted molar refractivity (Wildman–Crippen MR) is 66.9 cm³/mol. The molecule has 1 fully saturated rings. The second-order valence-electron chi connectivity index (χ2n) is 5.31. The van der Waals surface area contributed by atoms with Crippen LogP contribution < -0.4 is 0 Å². The second kappa shape index (κ2) is 4.69. The van der Waals surface area contributed by atoms with Crippen LogP contribution in [0.2, 0.25) is 0 Å². The maximum absolute atomic E-state index is 13.3. The van der Waals surface area contributed by atoms with E-state index in [1.807, 2.05) is 0 Å². The number of carbonyl (C=O) groups is 1. The number of nitrogens with zero attached hydrogens (tertiary/aromatic N) is 1. The molecule has 1 aromatic carbocycles. The molecule has 1 aliphatic heterocycles. The highest BCUT2D eigenvalue weighted by Crippen LogP contribution is 2.22. The molecule has 4 heteroatoms. The summed E-state index contributed by atoms with van der Waals surface area (Å²) in [6.45, 7) is 4.57. The topological polar surface area (TPSA) is 40.5 Å². The van der Waals surface area contributed by atoms with E-state index >= 15 is 0 Å². The first-order valence-electron chi connectivity index (χ1n) is 6.16. The molecular weight excluding hydrogens is 233 g/mol. The summed E-state index contributed by atoms with van der Waals surface area (Å²) in [6.07, 6.45) is 1.13. The molecule has 2 rings (SSSR count). The number of benzene rings is 1. The van der Waals surface area contributed by atoms with Crippen LogP contribution in [0.5, 0.6) is 0 Å². The molecule has 1 aliphatic rings. The average Bonchev–Trinajstić information content (AvgIpc) is 2.27. The van der Waals surface area contributed by atoms with Crippen molar-refractivity contribution in [3.63, 3.8) is 0 Å². The van der Waals surface area contributed by atoms with Gasteiger partial charge in [0.2, 0.25) is 0 Å². The second-order valence-corrected chi connectivity index (χ2v) is 5.31. The van der Waals surface area contributed by atoms with E-state index in [1.165, 1.54) is 12.1 Å². The van der Waals surface area contributed by atoms with Crippen molar-refractivity contribution >= 4 is 5.91 Å². The lowest BCUT2D eigenvalue weighted by Gasteiger charge is -2.35. The van der Waals surface area contributed by atoms with Crippen LogP contribution in [0, 0.1) is 12.7 Å². The van der Waals surface area contributed by atoms with Gasteiger partial charge in [-0.3, -0.25) is 4.79 Å². The highest BCUT2D eigenvalue weighted by molar-refractivity contribution is 5.94. The molecule has 1 aromatic rings. The Morgan fingerprint density at radius 1 is 1.33 bits per heavy atom. The van der Waals surface area contributed by atoms with Gasteiger partial charge in [0.05, 0.1) is 5.60 Å². The normalized spacial score (nSPS) is 18.8. The third-order valence-electron chi connectivity index (χ3n) is 3.42. The van der Waals surface area contributed by atoms with Gasteiger partial charge in [-0.25, -0.2) is 4.39 Å². The van der Waals surface area contributed by atoms with Gasteiger partial charge in [0.15, 0.2) is 0 Å². The molecule has 3 nitrogen and oxygen atoms in total. The summed E-state index contributed by atoms with van der Waals surface area (Å²) >= 11 is 0. The molecule has 18 heavy (non-hydrogen) atoms. The summed E-state index contributed by atoms with van der Waals surface area (Å²) in [5, 5.41) is 9.83. The summed E-state index contributed by atoms with van der Waals surface area (Å²) in [5.74, 6) is -0.546. The van der Waals surface area contributed by atoms with Crippen molar-refractivity contribution in [2.75, 3.05) is 13.1 Å². The molecule has 0 aliphatic carbocycles. The molecule has 0 spiro atoms.